The fourth-order valence-corrected chi connectivity index (χ4v) is 2.77. The second-order valence-electron chi connectivity index (χ2n) is 5.86. The molecule has 0 spiro atoms. The van der Waals surface area contributed by atoms with E-state index < -0.39 is 0 Å². The van der Waals surface area contributed by atoms with Crippen molar-refractivity contribution >= 4 is 5.91 Å². The van der Waals surface area contributed by atoms with Gasteiger partial charge in [0.1, 0.15) is 5.69 Å². The lowest BCUT2D eigenvalue weighted by Crippen LogP contribution is -2.37. The number of amides is 1. The van der Waals surface area contributed by atoms with E-state index in [1.165, 1.54) is 0 Å². The summed E-state index contributed by atoms with van der Waals surface area (Å²) in [7, 11) is 1.81. The molecule has 1 fully saturated rings. The molecule has 1 amide bonds. The van der Waals surface area contributed by atoms with Gasteiger partial charge in [0, 0.05) is 31.5 Å². The molecule has 1 heterocycles. The number of aromatic nitrogens is 2. The molecule has 0 bridgehead atoms. The summed E-state index contributed by atoms with van der Waals surface area (Å²) in [6.45, 7) is 0.0973. The van der Waals surface area contributed by atoms with Gasteiger partial charge in [0.25, 0.3) is 5.91 Å². The van der Waals surface area contributed by atoms with E-state index in [1.807, 2.05) is 37.4 Å². The third kappa shape index (κ3) is 3.20. The number of hydrogen-bond acceptors (Lipinski definition) is 3. The molecule has 1 atom stereocenters. The first-order chi connectivity index (χ1) is 10.7. The van der Waals surface area contributed by atoms with Gasteiger partial charge in [-0.05, 0) is 25.2 Å². The number of nitrogens with zero attached hydrogens (tertiary/aromatic N) is 2. The second-order valence-corrected chi connectivity index (χ2v) is 5.86. The van der Waals surface area contributed by atoms with Crippen LogP contribution in [0.1, 0.15) is 29.6 Å². The number of carbonyl (C=O) groups is 1. The molecule has 1 unspecified atom stereocenters. The highest BCUT2D eigenvalue weighted by Gasteiger charge is 2.32. The first kappa shape index (κ1) is 14.8. The number of aliphatic hydroxyl groups is 1. The van der Waals surface area contributed by atoms with Crippen LogP contribution >= 0.6 is 0 Å². The maximum atomic E-state index is 12.6. The van der Waals surface area contributed by atoms with Crippen molar-refractivity contribution in [2.75, 3.05) is 6.61 Å². The lowest BCUT2D eigenvalue weighted by atomic mass is 10.1. The zero-order chi connectivity index (χ0) is 15.5. The Morgan fingerprint density at radius 1 is 1.41 bits per heavy atom. The van der Waals surface area contributed by atoms with E-state index in [9.17, 15) is 4.79 Å². The Balaban J connectivity index is 1.83. The summed E-state index contributed by atoms with van der Waals surface area (Å²) < 4.78 is 1.66. The van der Waals surface area contributed by atoms with Crippen LogP contribution in [0.25, 0.3) is 11.3 Å². The third-order valence-corrected chi connectivity index (χ3v) is 4.07. The van der Waals surface area contributed by atoms with Gasteiger partial charge in [-0.2, -0.15) is 5.10 Å². The summed E-state index contributed by atoms with van der Waals surface area (Å²) in [5.41, 5.74) is 2.20. The van der Waals surface area contributed by atoms with Gasteiger partial charge in [-0.1, -0.05) is 30.3 Å². The highest BCUT2D eigenvalue weighted by molar-refractivity contribution is 6.00. The van der Waals surface area contributed by atoms with Crippen molar-refractivity contribution in [1.82, 2.24) is 15.1 Å². The summed E-state index contributed by atoms with van der Waals surface area (Å²) in [5.74, 6) is 0.394. The van der Waals surface area contributed by atoms with Crippen molar-refractivity contribution in [3.05, 3.63) is 42.1 Å². The molecule has 0 saturated heterocycles. The number of benzene rings is 1. The topological polar surface area (TPSA) is 67.2 Å². The molecule has 1 aliphatic rings. The van der Waals surface area contributed by atoms with Crippen LogP contribution in [-0.4, -0.2) is 33.4 Å². The van der Waals surface area contributed by atoms with Crippen molar-refractivity contribution in [1.29, 1.82) is 0 Å². The normalized spacial score (nSPS) is 15.5. The van der Waals surface area contributed by atoms with Gasteiger partial charge in [0.2, 0.25) is 0 Å². The average Bonchev–Trinajstić information content (AvgIpc) is 3.29. The molecule has 1 aliphatic carbocycles. The molecule has 1 saturated carbocycles. The predicted octanol–water partition coefficient (Wildman–Crippen LogP) is 1.98. The highest BCUT2D eigenvalue weighted by atomic mass is 16.3. The molecule has 1 aromatic heterocycles. The van der Waals surface area contributed by atoms with E-state index in [-0.39, 0.29) is 18.6 Å². The van der Waals surface area contributed by atoms with Crippen LogP contribution in [0.2, 0.25) is 0 Å². The van der Waals surface area contributed by atoms with Gasteiger partial charge in [-0.25, -0.2) is 0 Å². The molecule has 2 aromatic rings. The highest BCUT2D eigenvalue weighted by Crippen LogP contribution is 2.34. The molecule has 0 aliphatic heterocycles. The molecular weight excluding hydrogens is 278 g/mol. The Morgan fingerprint density at radius 2 is 2.14 bits per heavy atom. The summed E-state index contributed by atoms with van der Waals surface area (Å²) in [6, 6.07) is 9.77. The summed E-state index contributed by atoms with van der Waals surface area (Å²) in [6.07, 6.45) is 4.62. The number of aryl methyl sites for hydroxylation is 1. The molecule has 5 heteroatoms. The lowest BCUT2D eigenvalue weighted by Gasteiger charge is -2.17. The Hall–Kier alpha value is -2.14. The Labute approximate surface area is 130 Å². The monoisotopic (exact) mass is 299 g/mol. The van der Waals surface area contributed by atoms with Crippen LogP contribution in [-0.2, 0) is 7.05 Å². The van der Waals surface area contributed by atoms with Crippen molar-refractivity contribution < 1.29 is 9.90 Å². The first-order valence-electron chi connectivity index (χ1n) is 7.70. The van der Waals surface area contributed by atoms with Crippen LogP contribution in [0.4, 0.5) is 0 Å². The van der Waals surface area contributed by atoms with Crippen LogP contribution in [0, 0.1) is 5.92 Å². The van der Waals surface area contributed by atoms with E-state index in [2.05, 4.69) is 10.4 Å². The van der Waals surface area contributed by atoms with E-state index in [4.69, 9.17) is 5.11 Å². The molecule has 0 radical (unpaired) electrons. The molecule has 1 aromatic carbocycles. The molecule has 5 nitrogen and oxygen atoms in total. The van der Waals surface area contributed by atoms with E-state index >= 15 is 0 Å². The molecule has 3 rings (SSSR count). The fourth-order valence-electron chi connectivity index (χ4n) is 2.77. The van der Waals surface area contributed by atoms with Crippen LogP contribution in [0.3, 0.4) is 0 Å². The van der Waals surface area contributed by atoms with Crippen LogP contribution in [0.5, 0.6) is 0 Å². The Bertz CT molecular complexity index is 647. The Kier molecular flexibility index (Phi) is 4.24. The summed E-state index contributed by atoms with van der Waals surface area (Å²) in [4.78, 5) is 12.6. The third-order valence-electron chi connectivity index (χ3n) is 4.07. The van der Waals surface area contributed by atoms with Gasteiger partial charge in [-0.3, -0.25) is 9.48 Å². The van der Waals surface area contributed by atoms with Crippen LogP contribution < -0.4 is 5.32 Å². The number of aliphatic hydroxyl groups excluding tert-OH is 1. The quantitative estimate of drug-likeness (QED) is 0.857. The van der Waals surface area contributed by atoms with Gasteiger partial charge in [-0.15, -0.1) is 0 Å². The smallest absolute Gasteiger partial charge is 0.255 e. The van der Waals surface area contributed by atoms with Crippen molar-refractivity contribution in [3.63, 3.8) is 0 Å². The fraction of sp³-hybridized carbons (Fsp3) is 0.412. The largest absolute Gasteiger partial charge is 0.396 e. The van der Waals surface area contributed by atoms with E-state index in [0.717, 1.165) is 18.4 Å². The maximum absolute atomic E-state index is 12.6. The number of hydrogen-bond donors (Lipinski definition) is 2. The van der Waals surface area contributed by atoms with Crippen molar-refractivity contribution in [2.24, 2.45) is 13.0 Å². The number of rotatable bonds is 6. The minimum absolute atomic E-state index is 0.0568. The molecule has 2 N–H and O–H groups in total. The lowest BCUT2D eigenvalue weighted by molar-refractivity contribution is 0.0925. The maximum Gasteiger partial charge on any atom is 0.255 e. The molecular formula is C17H21N3O2. The minimum atomic E-state index is -0.114. The standard InChI is InChI=1S/C17H21N3O2/c1-20-11-14(16(19-20)13-5-3-2-4-6-13)17(22)18-15(9-10-21)12-7-8-12/h2-6,11-12,15,21H,7-10H2,1H3,(H,18,22). The van der Waals surface area contributed by atoms with E-state index in [0.29, 0.717) is 23.6 Å². The summed E-state index contributed by atoms with van der Waals surface area (Å²) in [5, 5.41) is 16.7. The number of carbonyl (C=O) groups excluding carboxylic acids is 1. The summed E-state index contributed by atoms with van der Waals surface area (Å²) >= 11 is 0. The Morgan fingerprint density at radius 3 is 2.77 bits per heavy atom. The van der Waals surface area contributed by atoms with Gasteiger partial charge in [0.05, 0.1) is 5.56 Å². The van der Waals surface area contributed by atoms with Gasteiger partial charge < -0.3 is 10.4 Å². The first-order valence-corrected chi connectivity index (χ1v) is 7.70. The zero-order valence-electron chi connectivity index (χ0n) is 12.7. The zero-order valence-corrected chi connectivity index (χ0v) is 12.7. The minimum Gasteiger partial charge on any atom is -0.396 e. The second kappa shape index (κ2) is 6.32. The van der Waals surface area contributed by atoms with E-state index in [1.54, 1.807) is 10.9 Å². The van der Waals surface area contributed by atoms with Gasteiger partial charge >= 0.3 is 0 Å². The predicted molar refractivity (Wildman–Crippen MR) is 84.3 cm³/mol. The average molecular weight is 299 g/mol. The van der Waals surface area contributed by atoms with Crippen LogP contribution in [0.15, 0.2) is 36.5 Å². The molecule has 116 valence electrons. The SMILES string of the molecule is Cn1cc(C(=O)NC(CCO)C2CC2)c(-c2ccccc2)n1. The van der Waals surface area contributed by atoms with Gasteiger partial charge in [0.15, 0.2) is 0 Å². The number of nitrogens with one attached hydrogen (secondary N) is 1. The van der Waals surface area contributed by atoms with Crippen molar-refractivity contribution in [3.8, 4) is 11.3 Å². The molecule has 22 heavy (non-hydrogen) atoms. The van der Waals surface area contributed by atoms with Crippen molar-refractivity contribution in [2.45, 2.75) is 25.3 Å².